The van der Waals surface area contributed by atoms with Crippen molar-refractivity contribution in [3.8, 4) is 0 Å². The predicted octanol–water partition coefficient (Wildman–Crippen LogP) is 3.89. The van der Waals surface area contributed by atoms with Gasteiger partial charge in [0.1, 0.15) is 0 Å². The highest BCUT2D eigenvalue weighted by Gasteiger charge is 2.18. The fraction of sp³-hybridized carbons (Fsp3) is 0.500. The SMILES string of the molecule is NC1CCC(Nc2ccc(Br)cc2Br)CC1. The van der Waals surface area contributed by atoms with Gasteiger partial charge in [0.05, 0.1) is 0 Å². The summed E-state index contributed by atoms with van der Waals surface area (Å²) in [4.78, 5) is 0. The number of nitrogens with one attached hydrogen (secondary N) is 1. The lowest BCUT2D eigenvalue weighted by Gasteiger charge is -2.28. The summed E-state index contributed by atoms with van der Waals surface area (Å²) in [5.74, 6) is 0. The van der Waals surface area contributed by atoms with Crippen LogP contribution >= 0.6 is 31.9 Å². The topological polar surface area (TPSA) is 38.0 Å². The minimum absolute atomic E-state index is 0.409. The third kappa shape index (κ3) is 3.22. The number of nitrogens with two attached hydrogens (primary N) is 1. The lowest BCUT2D eigenvalue weighted by Crippen LogP contribution is -2.32. The molecular weight excluding hydrogens is 332 g/mol. The minimum Gasteiger partial charge on any atom is -0.381 e. The minimum atomic E-state index is 0.409. The van der Waals surface area contributed by atoms with Crippen molar-refractivity contribution in [1.29, 1.82) is 0 Å². The smallest absolute Gasteiger partial charge is 0.0487 e. The van der Waals surface area contributed by atoms with E-state index in [0.29, 0.717) is 12.1 Å². The Balaban J connectivity index is 1.98. The summed E-state index contributed by atoms with van der Waals surface area (Å²) >= 11 is 7.02. The maximum absolute atomic E-state index is 5.90. The molecule has 2 nitrogen and oxygen atoms in total. The van der Waals surface area contributed by atoms with Crippen LogP contribution in [0.3, 0.4) is 0 Å². The van der Waals surface area contributed by atoms with Crippen molar-refractivity contribution in [2.24, 2.45) is 5.73 Å². The second-order valence-corrected chi connectivity index (χ2v) is 6.15. The Morgan fingerprint density at radius 1 is 1.12 bits per heavy atom. The third-order valence-electron chi connectivity index (χ3n) is 3.06. The molecule has 1 aliphatic carbocycles. The number of rotatable bonds is 2. The Morgan fingerprint density at radius 2 is 1.81 bits per heavy atom. The van der Waals surface area contributed by atoms with Gasteiger partial charge in [0, 0.05) is 26.7 Å². The molecule has 0 bridgehead atoms. The van der Waals surface area contributed by atoms with E-state index < -0.39 is 0 Å². The van der Waals surface area contributed by atoms with Crippen LogP contribution in [-0.2, 0) is 0 Å². The molecule has 1 aromatic carbocycles. The Kier molecular flexibility index (Phi) is 4.27. The van der Waals surface area contributed by atoms with Crippen molar-refractivity contribution in [1.82, 2.24) is 0 Å². The first-order chi connectivity index (χ1) is 7.65. The van der Waals surface area contributed by atoms with Crippen LogP contribution in [-0.4, -0.2) is 12.1 Å². The molecule has 0 radical (unpaired) electrons. The second kappa shape index (κ2) is 5.52. The van der Waals surface area contributed by atoms with Crippen LogP contribution < -0.4 is 11.1 Å². The molecule has 1 aromatic rings. The molecule has 3 N–H and O–H groups in total. The lowest BCUT2D eigenvalue weighted by atomic mass is 9.92. The van der Waals surface area contributed by atoms with Crippen LogP contribution in [0.15, 0.2) is 27.1 Å². The predicted molar refractivity (Wildman–Crippen MR) is 75.7 cm³/mol. The Morgan fingerprint density at radius 3 is 2.44 bits per heavy atom. The maximum atomic E-state index is 5.90. The van der Waals surface area contributed by atoms with Gasteiger partial charge in [-0.15, -0.1) is 0 Å². The van der Waals surface area contributed by atoms with Gasteiger partial charge in [-0.05, 0) is 59.8 Å². The van der Waals surface area contributed by atoms with Crippen LogP contribution in [0.4, 0.5) is 5.69 Å². The summed E-state index contributed by atoms with van der Waals surface area (Å²) < 4.78 is 2.20. The second-order valence-electron chi connectivity index (χ2n) is 4.38. The van der Waals surface area contributed by atoms with E-state index in [9.17, 15) is 0 Å². The summed E-state index contributed by atoms with van der Waals surface area (Å²) in [5, 5.41) is 3.57. The zero-order valence-corrected chi connectivity index (χ0v) is 12.2. The quantitative estimate of drug-likeness (QED) is 0.851. The molecule has 16 heavy (non-hydrogen) atoms. The van der Waals surface area contributed by atoms with Crippen LogP contribution in [0.2, 0.25) is 0 Å². The van der Waals surface area contributed by atoms with Crippen molar-refractivity contribution in [3.63, 3.8) is 0 Å². The van der Waals surface area contributed by atoms with Crippen molar-refractivity contribution < 1.29 is 0 Å². The molecule has 1 aliphatic rings. The zero-order valence-electron chi connectivity index (χ0n) is 9.05. The maximum Gasteiger partial charge on any atom is 0.0487 e. The van der Waals surface area contributed by atoms with Crippen molar-refractivity contribution in [2.75, 3.05) is 5.32 Å². The molecule has 88 valence electrons. The van der Waals surface area contributed by atoms with E-state index in [1.54, 1.807) is 0 Å². The van der Waals surface area contributed by atoms with Gasteiger partial charge in [-0.2, -0.15) is 0 Å². The zero-order chi connectivity index (χ0) is 11.5. The molecule has 0 aliphatic heterocycles. The Labute approximate surface area is 113 Å². The summed E-state index contributed by atoms with van der Waals surface area (Å²) in [7, 11) is 0. The molecular formula is C12H16Br2N2. The van der Waals surface area contributed by atoms with Crippen molar-refractivity contribution in [2.45, 2.75) is 37.8 Å². The van der Waals surface area contributed by atoms with Gasteiger partial charge in [-0.1, -0.05) is 15.9 Å². The highest BCUT2D eigenvalue weighted by Crippen LogP contribution is 2.29. The van der Waals surface area contributed by atoms with E-state index in [0.717, 1.165) is 21.8 Å². The number of hydrogen-bond acceptors (Lipinski definition) is 2. The number of halogens is 2. The van der Waals surface area contributed by atoms with E-state index in [2.05, 4.69) is 55.4 Å². The fourth-order valence-corrected chi connectivity index (χ4v) is 3.25. The van der Waals surface area contributed by atoms with E-state index in [1.165, 1.54) is 18.5 Å². The average molecular weight is 348 g/mol. The van der Waals surface area contributed by atoms with Crippen molar-refractivity contribution >= 4 is 37.5 Å². The molecule has 0 amide bonds. The van der Waals surface area contributed by atoms with Crippen LogP contribution in [0, 0.1) is 0 Å². The highest BCUT2D eigenvalue weighted by atomic mass is 79.9. The van der Waals surface area contributed by atoms with Gasteiger partial charge < -0.3 is 11.1 Å². The molecule has 0 unspecified atom stereocenters. The molecule has 0 saturated heterocycles. The first-order valence-electron chi connectivity index (χ1n) is 5.62. The summed E-state index contributed by atoms with van der Waals surface area (Å²) in [6.07, 6.45) is 4.60. The summed E-state index contributed by atoms with van der Waals surface area (Å²) in [6.45, 7) is 0. The molecule has 1 saturated carbocycles. The molecule has 4 heteroatoms. The molecule has 2 rings (SSSR count). The normalized spacial score (nSPS) is 25.4. The first-order valence-corrected chi connectivity index (χ1v) is 7.21. The van der Waals surface area contributed by atoms with Gasteiger partial charge in [0.25, 0.3) is 0 Å². The summed E-state index contributed by atoms with van der Waals surface area (Å²) in [6, 6.07) is 7.20. The first kappa shape index (κ1) is 12.4. The van der Waals surface area contributed by atoms with E-state index in [-0.39, 0.29) is 0 Å². The van der Waals surface area contributed by atoms with E-state index in [4.69, 9.17) is 5.73 Å². The monoisotopic (exact) mass is 346 g/mol. The number of anilines is 1. The molecule has 0 spiro atoms. The van der Waals surface area contributed by atoms with E-state index in [1.807, 2.05) is 0 Å². The largest absolute Gasteiger partial charge is 0.381 e. The standard InChI is InChI=1S/C12H16Br2N2/c13-8-1-6-12(11(14)7-8)16-10-4-2-9(15)3-5-10/h1,6-7,9-10,16H,2-5,15H2. The molecule has 0 aromatic heterocycles. The van der Waals surface area contributed by atoms with Gasteiger partial charge >= 0.3 is 0 Å². The third-order valence-corrected chi connectivity index (χ3v) is 4.21. The number of benzene rings is 1. The average Bonchev–Trinajstić information content (AvgIpc) is 2.25. The Hall–Kier alpha value is -0.0600. The summed E-state index contributed by atoms with van der Waals surface area (Å²) in [5.41, 5.74) is 7.07. The van der Waals surface area contributed by atoms with Gasteiger partial charge in [0.15, 0.2) is 0 Å². The van der Waals surface area contributed by atoms with Crippen LogP contribution in [0.25, 0.3) is 0 Å². The lowest BCUT2D eigenvalue weighted by molar-refractivity contribution is 0.411. The number of hydrogen-bond donors (Lipinski definition) is 2. The highest BCUT2D eigenvalue weighted by molar-refractivity contribution is 9.11. The van der Waals surface area contributed by atoms with Crippen molar-refractivity contribution in [3.05, 3.63) is 27.1 Å². The van der Waals surface area contributed by atoms with Crippen LogP contribution in [0.5, 0.6) is 0 Å². The van der Waals surface area contributed by atoms with Gasteiger partial charge in [-0.25, -0.2) is 0 Å². The Bertz CT molecular complexity index is 360. The fourth-order valence-electron chi connectivity index (χ4n) is 2.09. The van der Waals surface area contributed by atoms with Crippen LogP contribution in [0.1, 0.15) is 25.7 Å². The molecule has 1 fully saturated rings. The molecule has 0 heterocycles. The van der Waals surface area contributed by atoms with Gasteiger partial charge in [0.2, 0.25) is 0 Å². The van der Waals surface area contributed by atoms with E-state index >= 15 is 0 Å². The van der Waals surface area contributed by atoms with Gasteiger partial charge in [-0.3, -0.25) is 0 Å². The molecule has 0 atom stereocenters.